The van der Waals surface area contributed by atoms with Crippen LogP contribution in [0.1, 0.15) is 63.5 Å². The molecular formula is C31H41Cl2N2O3+. The van der Waals surface area contributed by atoms with Crippen LogP contribution in [0.5, 0.6) is 5.75 Å². The highest BCUT2D eigenvalue weighted by atomic mass is 35.5. The highest BCUT2D eigenvalue weighted by Crippen LogP contribution is 2.54. The summed E-state index contributed by atoms with van der Waals surface area (Å²) >= 11 is 12.2. The second-order valence-corrected chi connectivity index (χ2v) is 13.6. The zero-order chi connectivity index (χ0) is 27.1. The van der Waals surface area contributed by atoms with Crippen LogP contribution in [0.2, 0.25) is 10.0 Å². The minimum atomic E-state index is -0.895. The van der Waals surface area contributed by atoms with Crippen LogP contribution in [0.4, 0.5) is 0 Å². The molecule has 0 aromatic heterocycles. The Hall–Kier alpha value is -1.79. The molecule has 3 aliphatic rings. The number of rotatable bonds is 8. The van der Waals surface area contributed by atoms with Crippen molar-refractivity contribution in [2.75, 3.05) is 26.2 Å². The summed E-state index contributed by atoms with van der Waals surface area (Å²) in [5.41, 5.74) is 0.388. The van der Waals surface area contributed by atoms with Gasteiger partial charge in [-0.3, -0.25) is 4.79 Å². The number of aromatic hydroxyl groups is 1. The molecule has 2 saturated carbocycles. The minimum Gasteiger partial charge on any atom is -0.508 e. The number of benzene rings is 2. The van der Waals surface area contributed by atoms with E-state index in [-0.39, 0.29) is 24.1 Å². The molecule has 0 bridgehead atoms. The number of phenolic OH excluding ortho intramolecular Hbond substituents is 1. The molecule has 2 aromatic rings. The number of nitrogens with one attached hydrogen (secondary N) is 1. The van der Waals surface area contributed by atoms with Crippen molar-refractivity contribution in [3.63, 3.8) is 0 Å². The number of carbonyl (C=O) groups excluding carboxylic acids is 1. The van der Waals surface area contributed by atoms with Gasteiger partial charge in [0.25, 0.3) is 0 Å². The normalized spacial score (nSPS) is 31.2. The second-order valence-electron chi connectivity index (χ2n) is 12.8. The van der Waals surface area contributed by atoms with E-state index in [0.29, 0.717) is 28.8 Å². The third-order valence-electron chi connectivity index (χ3n) is 9.21. The molecular weight excluding hydrogens is 519 g/mol. The standard InChI is InChI=1S/C31H40Cl2N2O3/c1-21(2)18-35(19-22-6-7-22)13-12-30(24-4-3-5-26(36)16-24)17-25(10-11-31(30,38)20-35)34-29(37)15-23-8-9-27(32)28(33)14-23/h3-5,8-9,14,16,21-22,25,38H,6-7,10-13,15,17-20H2,1-2H3,(H-,34,36,37)/p+1/t25-,30-,31?,35+/m1/s1. The van der Waals surface area contributed by atoms with E-state index in [4.69, 9.17) is 23.2 Å². The quantitative estimate of drug-likeness (QED) is 0.354. The molecule has 7 heteroatoms. The Morgan fingerprint density at radius 1 is 1.11 bits per heavy atom. The van der Waals surface area contributed by atoms with Crippen molar-refractivity contribution < 1.29 is 19.5 Å². The number of amides is 1. The average Bonchev–Trinajstić information content (AvgIpc) is 3.65. The van der Waals surface area contributed by atoms with Crippen molar-refractivity contribution in [1.29, 1.82) is 0 Å². The van der Waals surface area contributed by atoms with Crippen LogP contribution >= 0.6 is 23.2 Å². The number of carbonyl (C=O) groups is 1. The Labute approximate surface area is 236 Å². The maximum Gasteiger partial charge on any atom is 0.224 e. The van der Waals surface area contributed by atoms with Gasteiger partial charge in [0.05, 0.1) is 36.1 Å². The monoisotopic (exact) mass is 559 g/mol. The molecule has 1 saturated heterocycles. The van der Waals surface area contributed by atoms with E-state index in [1.165, 1.54) is 12.8 Å². The van der Waals surface area contributed by atoms with Crippen molar-refractivity contribution >= 4 is 29.1 Å². The van der Waals surface area contributed by atoms with Crippen molar-refractivity contribution in [3.8, 4) is 5.75 Å². The molecule has 1 heterocycles. The third-order valence-corrected chi connectivity index (χ3v) is 9.95. The van der Waals surface area contributed by atoms with E-state index < -0.39 is 11.0 Å². The molecule has 5 nitrogen and oxygen atoms in total. The zero-order valence-corrected chi connectivity index (χ0v) is 24.1. The zero-order valence-electron chi connectivity index (χ0n) is 22.6. The van der Waals surface area contributed by atoms with E-state index in [1.807, 2.05) is 24.3 Å². The molecule has 1 unspecified atom stereocenters. The van der Waals surface area contributed by atoms with Gasteiger partial charge in [0.2, 0.25) is 5.91 Å². The van der Waals surface area contributed by atoms with Crippen LogP contribution in [-0.2, 0) is 16.6 Å². The van der Waals surface area contributed by atoms with Gasteiger partial charge in [-0.25, -0.2) is 0 Å². The summed E-state index contributed by atoms with van der Waals surface area (Å²) in [4.78, 5) is 13.1. The predicted octanol–water partition coefficient (Wildman–Crippen LogP) is 5.87. The number of piperidine rings is 1. The van der Waals surface area contributed by atoms with Gasteiger partial charge in [-0.05, 0) is 67.5 Å². The summed E-state index contributed by atoms with van der Waals surface area (Å²) in [7, 11) is 0. The highest BCUT2D eigenvalue weighted by Gasteiger charge is 2.62. The van der Waals surface area contributed by atoms with Crippen LogP contribution in [0, 0.1) is 11.8 Å². The van der Waals surface area contributed by atoms with E-state index in [1.54, 1.807) is 18.2 Å². The largest absolute Gasteiger partial charge is 0.508 e. The lowest BCUT2D eigenvalue weighted by molar-refractivity contribution is -0.945. The Kier molecular flexibility index (Phi) is 7.78. The fraction of sp³-hybridized carbons (Fsp3) is 0.581. The number of aliphatic hydroxyl groups is 1. The smallest absolute Gasteiger partial charge is 0.224 e. The molecule has 3 N–H and O–H groups in total. The van der Waals surface area contributed by atoms with Gasteiger partial charge in [0.15, 0.2) is 0 Å². The first-order valence-electron chi connectivity index (χ1n) is 14.1. The number of fused-ring (bicyclic) bond motifs is 1. The Morgan fingerprint density at radius 3 is 2.58 bits per heavy atom. The molecule has 1 amide bonds. The molecule has 38 heavy (non-hydrogen) atoms. The number of quaternary nitrogens is 1. The van der Waals surface area contributed by atoms with Gasteiger partial charge in [-0.2, -0.15) is 0 Å². The summed E-state index contributed by atoms with van der Waals surface area (Å²) < 4.78 is 0.980. The Balaban J connectivity index is 1.40. The first kappa shape index (κ1) is 27.8. The van der Waals surface area contributed by atoms with Crippen molar-refractivity contribution in [1.82, 2.24) is 5.32 Å². The first-order chi connectivity index (χ1) is 18.0. The van der Waals surface area contributed by atoms with E-state index in [0.717, 1.165) is 60.5 Å². The van der Waals surface area contributed by atoms with Crippen molar-refractivity contribution in [3.05, 3.63) is 63.6 Å². The molecule has 206 valence electrons. The lowest BCUT2D eigenvalue weighted by Crippen LogP contribution is -2.73. The van der Waals surface area contributed by atoms with Gasteiger partial charge in [0, 0.05) is 29.7 Å². The molecule has 4 atom stereocenters. The summed E-state index contributed by atoms with van der Waals surface area (Å²) in [6.07, 6.45) is 5.70. The summed E-state index contributed by atoms with van der Waals surface area (Å²) in [5.74, 6) is 1.50. The maximum absolute atomic E-state index is 13.1. The summed E-state index contributed by atoms with van der Waals surface area (Å²) in [6.45, 7) is 8.56. The van der Waals surface area contributed by atoms with Crippen LogP contribution in [0.3, 0.4) is 0 Å². The fourth-order valence-corrected chi connectivity index (χ4v) is 7.89. The number of halogens is 2. The van der Waals surface area contributed by atoms with Crippen LogP contribution in [0.25, 0.3) is 0 Å². The highest BCUT2D eigenvalue weighted by molar-refractivity contribution is 6.42. The van der Waals surface area contributed by atoms with Crippen molar-refractivity contribution in [2.45, 2.75) is 75.9 Å². The fourth-order valence-electron chi connectivity index (χ4n) is 7.57. The van der Waals surface area contributed by atoms with Gasteiger partial charge in [-0.15, -0.1) is 0 Å². The van der Waals surface area contributed by atoms with Crippen LogP contribution in [0.15, 0.2) is 42.5 Å². The van der Waals surface area contributed by atoms with E-state index in [9.17, 15) is 15.0 Å². The summed E-state index contributed by atoms with van der Waals surface area (Å²) in [6, 6.07) is 12.7. The minimum absolute atomic E-state index is 0.0542. The molecule has 0 radical (unpaired) electrons. The Morgan fingerprint density at radius 2 is 1.89 bits per heavy atom. The van der Waals surface area contributed by atoms with Crippen LogP contribution in [-0.4, -0.2) is 58.4 Å². The molecule has 5 rings (SSSR count). The van der Waals surface area contributed by atoms with E-state index >= 15 is 0 Å². The van der Waals surface area contributed by atoms with E-state index in [2.05, 4.69) is 19.2 Å². The van der Waals surface area contributed by atoms with Gasteiger partial charge < -0.3 is 20.0 Å². The number of hydrogen-bond acceptors (Lipinski definition) is 3. The summed E-state index contributed by atoms with van der Waals surface area (Å²) in [5, 5.41) is 27.2. The number of likely N-dealkylation sites (tertiary alicyclic amines) is 1. The van der Waals surface area contributed by atoms with Gasteiger partial charge in [-0.1, -0.05) is 55.2 Å². The lowest BCUT2D eigenvalue weighted by atomic mass is 9.54. The average molecular weight is 561 g/mol. The number of phenols is 1. The van der Waals surface area contributed by atoms with Crippen LogP contribution < -0.4 is 5.32 Å². The molecule has 2 aliphatic carbocycles. The maximum atomic E-state index is 13.1. The number of hydrogen-bond donors (Lipinski definition) is 3. The SMILES string of the molecule is CC(C)C[N@+]1(CC2CC2)CC[C@]2(c3cccc(O)c3)C[C@H](NC(=O)Cc3ccc(Cl)c(Cl)c3)CCC2(O)C1. The first-order valence-corrected chi connectivity index (χ1v) is 14.9. The molecule has 3 fully saturated rings. The third kappa shape index (κ3) is 5.72. The second kappa shape index (κ2) is 10.6. The van der Waals surface area contributed by atoms with Gasteiger partial charge >= 0.3 is 0 Å². The lowest BCUT2D eigenvalue weighted by Gasteiger charge is -2.61. The topological polar surface area (TPSA) is 69.6 Å². The van der Waals surface area contributed by atoms with Gasteiger partial charge in [0.1, 0.15) is 17.9 Å². The van der Waals surface area contributed by atoms with Crippen molar-refractivity contribution in [2.24, 2.45) is 11.8 Å². The molecule has 1 aliphatic heterocycles. The Bertz CT molecular complexity index is 1180. The predicted molar refractivity (Wildman–Crippen MR) is 153 cm³/mol. The molecule has 0 spiro atoms. The number of nitrogens with zero attached hydrogens (tertiary/aromatic N) is 1. The molecule has 2 aromatic carbocycles.